The zero-order chi connectivity index (χ0) is 18.4. The molecule has 2 aromatic heterocycles. The van der Waals surface area contributed by atoms with Crippen LogP contribution in [0.2, 0.25) is 0 Å². The Labute approximate surface area is 148 Å². The summed E-state index contributed by atoms with van der Waals surface area (Å²) in [4.78, 5) is 0. The van der Waals surface area contributed by atoms with E-state index in [1.807, 2.05) is 32.0 Å². The van der Waals surface area contributed by atoms with Crippen molar-refractivity contribution in [2.45, 2.75) is 58.9 Å². The van der Waals surface area contributed by atoms with E-state index in [1.54, 1.807) is 4.68 Å². The van der Waals surface area contributed by atoms with Gasteiger partial charge in [0.1, 0.15) is 0 Å². The van der Waals surface area contributed by atoms with Gasteiger partial charge in [-0.15, -0.1) is 0 Å². The summed E-state index contributed by atoms with van der Waals surface area (Å²) in [7, 11) is 0. The number of halogens is 2. The molecule has 138 valence electrons. The molecule has 3 rings (SSSR count). The van der Waals surface area contributed by atoms with Crippen LogP contribution in [-0.4, -0.2) is 33.4 Å². The Bertz CT molecular complexity index is 733. The average Bonchev–Trinajstić information content (AvgIpc) is 3.04. The van der Waals surface area contributed by atoms with Gasteiger partial charge in [-0.05, 0) is 38.9 Å². The van der Waals surface area contributed by atoms with Crippen molar-refractivity contribution in [1.82, 2.24) is 19.7 Å². The predicted octanol–water partition coefficient (Wildman–Crippen LogP) is 3.83. The Morgan fingerprint density at radius 3 is 2.44 bits per heavy atom. The van der Waals surface area contributed by atoms with E-state index in [-0.39, 0.29) is 18.5 Å². The number of piperidine rings is 1. The summed E-state index contributed by atoms with van der Waals surface area (Å²) in [6.07, 6.45) is 0.466. The highest BCUT2D eigenvalue weighted by molar-refractivity contribution is 5.34. The van der Waals surface area contributed by atoms with Gasteiger partial charge in [-0.25, -0.2) is 8.78 Å². The molecule has 0 bridgehead atoms. The van der Waals surface area contributed by atoms with Crippen molar-refractivity contribution >= 4 is 0 Å². The normalized spacial score (nSPS) is 20.8. The summed E-state index contributed by atoms with van der Waals surface area (Å²) < 4.78 is 32.4. The molecule has 3 heterocycles. The third-order valence-corrected chi connectivity index (χ3v) is 5.06. The lowest BCUT2D eigenvalue weighted by Gasteiger charge is -2.33. The number of aromatic nitrogens is 3. The zero-order valence-corrected chi connectivity index (χ0v) is 15.7. The Morgan fingerprint density at radius 1 is 1.24 bits per heavy atom. The highest BCUT2D eigenvalue weighted by Gasteiger charge is 2.42. The number of hydrogen-bond donors (Lipinski definition) is 1. The second kappa shape index (κ2) is 6.24. The first-order valence-corrected chi connectivity index (χ1v) is 8.92. The highest BCUT2D eigenvalue weighted by Crippen LogP contribution is 2.33. The molecule has 0 aromatic carbocycles. The molecule has 1 N–H and O–H groups in total. The van der Waals surface area contributed by atoms with Gasteiger partial charge in [0.25, 0.3) is 5.92 Å². The van der Waals surface area contributed by atoms with Crippen molar-refractivity contribution in [3.8, 4) is 5.82 Å². The second-order valence-electron chi connectivity index (χ2n) is 8.19. The number of rotatable bonds is 3. The molecule has 4 nitrogen and oxygen atoms in total. The molecule has 0 aliphatic carbocycles. The fourth-order valence-electron chi connectivity index (χ4n) is 3.61. The number of aryl methyl sites for hydroxylation is 2. The molecule has 1 saturated heterocycles. The van der Waals surface area contributed by atoms with Crippen molar-refractivity contribution in [3.63, 3.8) is 0 Å². The van der Waals surface area contributed by atoms with Crippen LogP contribution in [0.5, 0.6) is 0 Å². The van der Waals surface area contributed by atoms with Crippen molar-refractivity contribution in [1.29, 1.82) is 0 Å². The van der Waals surface area contributed by atoms with E-state index in [4.69, 9.17) is 5.10 Å². The maximum Gasteiger partial charge on any atom is 0.264 e. The molecule has 1 aliphatic heterocycles. The molecule has 1 unspecified atom stereocenters. The molecule has 1 aliphatic rings. The van der Waals surface area contributed by atoms with Gasteiger partial charge in [-0.3, -0.25) is 4.68 Å². The maximum absolute atomic E-state index is 14.3. The Hall–Kier alpha value is -1.69. The lowest BCUT2D eigenvalue weighted by molar-refractivity contribution is -0.0802. The van der Waals surface area contributed by atoms with Gasteiger partial charge in [0, 0.05) is 41.0 Å². The fraction of sp³-hybridized carbons (Fsp3) is 0.632. The second-order valence-corrected chi connectivity index (χ2v) is 8.19. The van der Waals surface area contributed by atoms with Crippen LogP contribution in [0.3, 0.4) is 0 Å². The standard InChI is InChI=1S/C19H28F2N4/c1-13-6-7-14(2)25(13)17-10-16(18(3,4)5)24(23-17)11-15-8-9-22-12-19(15,20)21/h6-7,10,15,22H,8-9,11-12H2,1-5H3. The van der Waals surface area contributed by atoms with Crippen LogP contribution in [0, 0.1) is 19.8 Å². The van der Waals surface area contributed by atoms with Crippen LogP contribution in [0.15, 0.2) is 18.2 Å². The maximum atomic E-state index is 14.3. The van der Waals surface area contributed by atoms with Crippen LogP contribution < -0.4 is 5.32 Å². The third kappa shape index (κ3) is 3.50. The number of nitrogens with one attached hydrogen (secondary N) is 1. The Balaban J connectivity index is 2.01. The quantitative estimate of drug-likeness (QED) is 0.913. The van der Waals surface area contributed by atoms with Crippen LogP contribution in [0.4, 0.5) is 8.78 Å². The minimum atomic E-state index is -2.70. The number of alkyl halides is 2. The van der Waals surface area contributed by atoms with Gasteiger partial charge in [0.05, 0.1) is 6.54 Å². The van der Waals surface area contributed by atoms with Gasteiger partial charge < -0.3 is 9.88 Å². The van der Waals surface area contributed by atoms with E-state index in [2.05, 4.69) is 30.7 Å². The first-order chi connectivity index (χ1) is 11.6. The lowest BCUT2D eigenvalue weighted by Crippen LogP contribution is -2.47. The minimum absolute atomic E-state index is 0.164. The van der Waals surface area contributed by atoms with Gasteiger partial charge in [-0.1, -0.05) is 20.8 Å². The van der Waals surface area contributed by atoms with Crippen molar-refractivity contribution in [2.24, 2.45) is 5.92 Å². The summed E-state index contributed by atoms with van der Waals surface area (Å²) in [5.41, 5.74) is 3.01. The molecule has 6 heteroatoms. The fourth-order valence-corrected chi connectivity index (χ4v) is 3.61. The smallest absolute Gasteiger partial charge is 0.264 e. The van der Waals surface area contributed by atoms with Crippen molar-refractivity contribution < 1.29 is 8.78 Å². The van der Waals surface area contributed by atoms with Crippen molar-refractivity contribution in [2.75, 3.05) is 13.1 Å². The van der Waals surface area contributed by atoms with E-state index in [0.29, 0.717) is 13.0 Å². The number of nitrogens with zero attached hydrogens (tertiary/aromatic N) is 3. The van der Waals surface area contributed by atoms with E-state index >= 15 is 0 Å². The minimum Gasteiger partial charge on any atom is -0.311 e. The molecule has 0 radical (unpaired) electrons. The summed E-state index contributed by atoms with van der Waals surface area (Å²) in [6, 6.07) is 6.14. The van der Waals surface area contributed by atoms with Crippen LogP contribution in [-0.2, 0) is 12.0 Å². The molecular formula is C19H28F2N4. The van der Waals surface area contributed by atoms with E-state index < -0.39 is 11.8 Å². The highest BCUT2D eigenvalue weighted by atomic mass is 19.3. The van der Waals surface area contributed by atoms with Gasteiger partial charge in [0.15, 0.2) is 5.82 Å². The summed E-state index contributed by atoms with van der Waals surface area (Å²) in [5.74, 6) is -2.57. The largest absolute Gasteiger partial charge is 0.311 e. The number of hydrogen-bond acceptors (Lipinski definition) is 2. The molecule has 0 spiro atoms. The van der Waals surface area contributed by atoms with E-state index in [0.717, 1.165) is 22.9 Å². The van der Waals surface area contributed by atoms with Crippen molar-refractivity contribution in [3.05, 3.63) is 35.3 Å². The lowest BCUT2D eigenvalue weighted by atomic mass is 9.90. The molecule has 2 aromatic rings. The first kappa shape index (κ1) is 18.1. The summed E-state index contributed by atoms with van der Waals surface area (Å²) in [6.45, 7) is 11.0. The predicted molar refractivity (Wildman–Crippen MR) is 95.7 cm³/mol. The molecule has 0 amide bonds. The SMILES string of the molecule is Cc1ccc(C)n1-c1cc(C(C)(C)C)n(CC2CCNCC2(F)F)n1. The van der Waals surface area contributed by atoms with Gasteiger partial charge in [-0.2, -0.15) is 5.10 Å². The summed E-state index contributed by atoms with van der Waals surface area (Å²) >= 11 is 0. The molecule has 25 heavy (non-hydrogen) atoms. The summed E-state index contributed by atoms with van der Waals surface area (Å²) in [5, 5.41) is 7.52. The van der Waals surface area contributed by atoms with Gasteiger partial charge in [0.2, 0.25) is 0 Å². The molecule has 0 saturated carbocycles. The average molecular weight is 350 g/mol. The Morgan fingerprint density at radius 2 is 1.88 bits per heavy atom. The first-order valence-electron chi connectivity index (χ1n) is 8.92. The molecule has 1 fully saturated rings. The van der Waals surface area contributed by atoms with E-state index in [9.17, 15) is 8.78 Å². The van der Waals surface area contributed by atoms with Crippen LogP contribution in [0.1, 0.15) is 44.3 Å². The monoisotopic (exact) mass is 350 g/mol. The Kier molecular flexibility index (Phi) is 4.52. The van der Waals surface area contributed by atoms with Crippen LogP contribution in [0.25, 0.3) is 5.82 Å². The zero-order valence-electron chi connectivity index (χ0n) is 15.7. The van der Waals surface area contributed by atoms with Crippen LogP contribution >= 0.6 is 0 Å². The topological polar surface area (TPSA) is 34.8 Å². The van der Waals surface area contributed by atoms with Gasteiger partial charge >= 0.3 is 0 Å². The molecular weight excluding hydrogens is 322 g/mol. The molecule has 1 atom stereocenters. The van der Waals surface area contributed by atoms with E-state index in [1.165, 1.54) is 0 Å². The third-order valence-electron chi connectivity index (χ3n) is 5.06.